The number of nitriles is 1. The molecule has 0 fully saturated rings. The first-order chi connectivity index (χ1) is 13.6. The monoisotopic (exact) mass is 415 g/mol. The first-order valence-electron chi connectivity index (χ1n) is 9.03. The van der Waals surface area contributed by atoms with Gasteiger partial charge >= 0.3 is 5.97 Å². The normalized spacial score (nSPS) is 11.4. The van der Waals surface area contributed by atoms with Gasteiger partial charge in [0.05, 0.1) is 0 Å². The van der Waals surface area contributed by atoms with Crippen LogP contribution in [0.3, 0.4) is 0 Å². The third-order valence-electron chi connectivity index (χ3n) is 4.70. The predicted octanol–water partition coefficient (Wildman–Crippen LogP) is 3.33. The summed E-state index contributed by atoms with van der Waals surface area (Å²) in [6.07, 6.45) is -0.704. The Kier molecular flexibility index (Phi) is 7.18. The molecule has 152 valence electrons. The molecule has 0 aliphatic rings. The van der Waals surface area contributed by atoms with E-state index in [-0.39, 0.29) is 18.4 Å². The van der Waals surface area contributed by atoms with Crippen molar-refractivity contribution in [3.05, 3.63) is 61.5 Å². The number of aromatic amines is 1. The zero-order valence-corrected chi connectivity index (χ0v) is 17.4. The van der Waals surface area contributed by atoms with Crippen molar-refractivity contribution in [3.8, 4) is 6.07 Å². The Balaban J connectivity index is 1.99. The van der Waals surface area contributed by atoms with Crippen LogP contribution in [0.2, 0.25) is 5.02 Å². The number of pyridine rings is 1. The van der Waals surface area contributed by atoms with Gasteiger partial charge in [0.1, 0.15) is 11.6 Å². The highest BCUT2D eigenvalue weighted by Gasteiger charge is 2.20. The summed E-state index contributed by atoms with van der Waals surface area (Å²) in [5.74, 6) is -1.02. The standard InChI is InChI=1S/C21H22ClN3O4/c1-11-15(13(3)24-21(28)16(11)10-23)8-9-19(26)29-14(4)20(27)25-18-7-5-6-17(22)12(18)2/h5-7,14H,8-9H2,1-4H3,(H,24,28)(H,25,27)/t14-/m1/s1. The molecule has 0 aliphatic heterocycles. The van der Waals surface area contributed by atoms with Gasteiger partial charge in [-0.1, -0.05) is 17.7 Å². The molecule has 1 atom stereocenters. The fourth-order valence-electron chi connectivity index (χ4n) is 2.93. The van der Waals surface area contributed by atoms with E-state index in [1.54, 1.807) is 39.0 Å². The maximum atomic E-state index is 12.3. The molecule has 1 aromatic carbocycles. The predicted molar refractivity (Wildman–Crippen MR) is 110 cm³/mol. The molecule has 2 rings (SSSR count). The number of carbonyl (C=O) groups is 2. The average molecular weight is 416 g/mol. The fraction of sp³-hybridized carbons (Fsp3) is 0.333. The van der Waals surface area contributed by atoms with Crippen LogP contribution in [-0.2, 0) is 20.7 Å². The van der Waals surface area contributed by atoms with Gasteiger partial charge in [-0.15, -0.1) is 0 Å². The number of esters is 1. The van der Waals surface area contributed by atoms with Gasteiger partial charge in [-0.05, 0) is 62.9 Å². The van der Waals surface area contributed by atoms with Crippen LogP contribution in [0.1, 0.15) is 41.3 Å². The third kappa shape index (κ3) is 5.24. The number of amides is 1. The second-order valence-electron chi connectivity index (χ2n) is 6.70. The molecule has 7 nitrogen and oxygen atoms in total. The highest BCUT2D eigenvalue weighted by molar-refractivity contribution is 6.31. The Morgan fingerprint density at radius 3 is 2.62 bits per heavy atom. The molecule has 1 heterocycles. The van der Waals surface area contributed by atoms with Crippen LogP contribution >= 0.6 is 11.6 Å². The van der Waals surface area contributed by atoms with Crippen molar-refractivity contribution in [2.24, 2.45) is 0 Å². The van der Waals surface area contributed by atoms with E-state index in [4.69, 9.17) is 21.6 Å². The minimum absolute atomic E-state index is 0.00635. The molecule has 8 heteroatoms. The van der Waals surface area contributed by atoms with Crippen LogP contribution in [0.25, 0.3) is 0 Å². The Bertz CT molecular complexity index is 1050. The van der Waals surface area contributed by atoms with E-state index in [0.717, 1.165) is 5.56 Å². The molecule has 2 aromatic rings. The number of nitrogens with zero attached hydrogens (tertiary/aromatic N) is 1. The van der Waals surface area contributed by atoms with Gasteiger partial charge in [0, 0.05) is 22.8 Å². The number of ether oxygens (including phenoxy) is 1. The average Bonchev–Trinajstić information content (AvgIpc) is 2.65. The van der Waals surface area contributed by atoms with Gasteiger partial charge in [-0.25, -0.2) is 0 Å². The Morgan fingerprint density at radius 2 is 1.97 bits per heavy atom. The molecule has 1 aromatic heterocycles. The van der Waals surface area contributed by atoms with Crippen molar-refractivity contribution in [3.63, 3.8) is 0 Å². The number of aromatic nitrogens is 1. The molecule has 0 spiro atoms. The zero-order valence-electron chi connectivity index (χ0n) is 16.7. The molecule has 0 unspecified atom stereocenters. The van der Waals surface area contributed by atoms with Crippen molar-refractivity contribution in [2.75, 3.05) is 5.32 Å². The molecule has 0 saturated heterocycles. The molecule has 2 N–H and O–H groups in total. The fourth-order valence-corrected chi connectivity index (χ4v) is 3.11. The maximum Gasteiger partial charge on any atom is 0.306 e. The summed E-state index contributed by atoms with van der Waals surface area (Å²) in [5, 5.41) is 12.3. The maximum absolute atomic E-state index is 12.3. The number of benzene rings is 1. The van der Waals surface area contributed by atoms with Crippen molar-refractivity contribution in [1.29, 1.82) is 5.26 Å². The van der Waals surface area contributed by atoms with E-state index >= 15 is 0 Å². The second-order valence-corrected chi connectivity index (χ2v) is 7.11. The van der Waals surface area contributed by atoms with Crippen molar-refractivity contribution < 1.29 is 14.3 Å². The molecule has 0 saturated carbocycles. The zero-order chi connectivity index (χ0) is 21.7. The van der Waals surface area contributed by atoms with Crippen LogP contribution in [0.4, 0.5) is 5.69 Å². The summed E-state index contributed by atoms with van der Waals surface area (Å²) in [7, 11) is 0. The van der Waals surface area contributed by atoms with Gasteiger partial charge in [0.15, 0.2) is 6.10 Å². The smallest absolute Gasteiger partial charge is 0.306 e. The van der Waals surface area contributed by atoms with Crippen LogP contribution in [0, 0.1) is 32.1 Å². The van der Waals surface area contributed by atoms with E-state index in [1.807, 2.05) is 6.07 Å². The largest absolute Gasteiger partial charge is 0.453 e. The van der Waals surface area contributed by atoms with Crippen molar-refractivity contribution >= 4 is 29.2 Å². The van der Waals surface area contributed by atoms with E-state index < -0.39 is 23.5 Å². The van der Waals surface area contributed by atoms with Gasteiger partial charge < -0.3 is 15.0 Å². The lowest BCUT2D eigenvalue weighted by Gasteiger charge is -2.16. The lowest BCUT2D eigenvalue weighted by Crippen LogP contribution is -2.30. The van der Waals surface area contributed by atoms with Crippen LogP contribution in [-0.4, -0.2) is 23.0 Å². The number of nitrogens with one attached hydrogen (secondary N) is 2. The molecule has 0 aliphatic carbocycles. The summed E-state index contributed by atoms with van der Waals surface area (Å²) in [5.41, 5.74) is 2.71. The molecule has 1 amide bonds. The minimum atomic E-state index is -0.992. The topological polar surface area (TPSA) is 112 Å². The van der Waals surface area contributed by atoms with Crippen LogP contribution in [0.5, 0.6) is 0 Å². The first kappa shape index (κ1) is 22.2. The van der Waals surface area contributed by atoms with Gasteiger partial charge in [0.2, 0.25) is 0 Å². The highest BCUT2D eigenvalue weighted by atomic mass is 35.5. The quantitative estimate of drug-likeness (QED) is 0.702. The molecule has 0 radical (unpaired) electrons. The van der Waals surface area contributed by atoms with Crippen molar-refractivity contribution in [2.45, 2.75) is 46.6 Å². The number of hydrogen-bond acceptors (Lipinski definition) is 5. The number of anilines is 1. The molecule has 29 heavy (non-hydrogen) atoms. The minimum Gasteiger partial charge on any atom is -0.453 e. The number of halogens is 1. The number of aryl methyl sites for hydroxylation is 1. The summed E-state index contributed by atoms with van der Waals surface area (Å²) < 4.78 is 5.22. The number of rotatable bonds is 6. The number of hydrogen-bond donors (Lipinski definition) is 2. The lowest BCUT2D eigenvalue weighted by atomic mass is 9.99. The molecule has 0 bridgehead atoms. The van der Waals surface area contributed by atoms with Gasteiger partial charge in [0.25, 0.3) is 11.5 Å². The van der Waals surface area contributed by atoms with Gasteiger partial charge in [-0.3, -0.25) is 14.4 Å². The van der Waals surface area contributed by atoms with Gasteiger partial charge in [-0.2, -0.15) is 5.26 Å². The third-order valence-corrected chi connectivity index (χ3v) is 5.11. The lowest BCUT2D eigenvalue weighted by molar-refractivity contribution is -0.153. The Morgan fingerprint density at radius 1 is 1.28 bits per heavy atom. The Labute approximate surface area is 173 Å². The summed E-state index contributed by atoms with van der Waals surface area (Å²) >= 11 is 6.04. The Hall–Kier alpha value is -3.11. The SMILES string of the molecule is Cc1[nH]c(=O)c(C#N)c(C)c1CCC(=O)O[C@H](C)C(=O)Nc1cccc(Cl)c1C. The summed E-state index contributed by atoms with van der Waals surface area (Å²) in [6, 6.07) is 7.02. The van der Waals surface area contributed by atoms with E-state index in [2.05, 4.69) is 10.3 Å². The van der Waals surface area contributed by atoms with Crippen LogP contribution < -0.4 is 10.9 Å². The first-order valence-corrected chi connectivity index (χ1v) is 9.41. The highest BCUT2D eigenvalue weighted by Crippen LogP contribution is 2.23. The molecular formula is C21H22ClN3O4. The van der Waals surface area contributed by atoms with E-state index in [9.17, 15) is 14.4 Å². The number of carbonyl (C=O) groups excluding carboxylic acids is 2. The summed E-state index contributed by atoms with van der Waals surface area (Å²) in [6.45, 7) is 6.64. The summed E-state index contributed by atoms with van der Waals surface area (Å²) in [4.78, 5) is 38.9. The van der Waals surface area contributed by atoms with E-state index in [0.29, 0.717) is 27.5 Å². The van der Waals surface area contributed by atoms with Crippen LogP contribution in [0.15, 0.2) is 23.0 Å². The second kappa shape index (κ2) is 9.39. The molecular weight excluding hydrogens is 394 g/mol. The number of H-pyrrole nitrogens is 1. The van der Waals surface area contributed by atoms with Crippen molar-refractivity contribution in [1.82, 2.24) is 4.98 Å². The van der Waals surface area contributed by atoms with E-state index in [1.165, 1.54) is 6.92 Å².